The molecule has 3 N–H and O–H groups in total. The molecule has 1 aromatic heterocycles. The van der Waals surface area contributed by atoms with Gasteiger partial charge in [-0.3, -0.25) is 0 Å². The summed E-state index contributed by atoms with van der Waals surface area (Å²) >= 11 is 0. The van der Waals surface area contributed by atoms with E-state index in [2.05, 4.69) is 15.3 Å². The molecule has 0 spiro atoms. The van der Waals surface area contributed by atoms with Gasteiger partial charge in [0.15, 0.2) is 0 Å². The summed E-state index contributed by atoms with van der Waals surface area (Å²) in [6.07, 6.45) is 3.13. The number of ether oxygens (including phenoxy) is 1. The van der Waals surface area contributed by atoms with Crippen molar-refractivity contribution in [2.45, 2.75) is 6.61 Å². The maximum Gasteiger partial charge on any atom is 0.316 e. The molecule has 6 heteroatoms. The van der Waals surface area contributed by atoms with Gasteiger partial charge < -0.3 is 15.8 Å². The number of aromatic nitrogens is 2. The quantitative estimate of drug-likeness (QED) is 0.774. The molecule has 3 rings (SSSR count). The van der Waals surface area contributed by atoms with Gasteiger partial charge in [-0.05, 0) is 17.7 Å². The number of urea groups is 1. The fourth-order valence-electron chi connectivity index (χ4n) is 2.09. The van der Waals surface area contributed by atoms with Crippen LogP contribution in [0.3, 0.4) is 0 Å². The molecule has 0 radical (unpaired) electrons. The third-order valence-corrected chi connectivity index (χ3v) is 3.10. The van der Waals surface area contributed by atoms with Crippen LogP contribution in [0, 0.1) is 0 Å². The number of amides is 2. The van der Waals surface area contributed by atoms with Gasteiger partial charge >= 0.3 is 6.03 Å². The van der Waals surface area contributed by atoms with E-state index < -0.39 is 6.03 Å². The molecule has 6 nitrogen and oxygen atoms in total. The SMILES string of the molecule is NC(=O)Nc1cc2ncncc2cc1OCc1ccccc1. The molecule has 0 aliphatic rings. The fourth-order valence-corrected chi connectivity index (χ4v) is 2.09. The maximum absolute atomic E-state index is 11.2. The summed E-state index contributed by atoms with van der Waals surface area (Å²) in [5.74, 6) is 0.518. The predicted molar refractivity (Wildman–Crippen MR) is 83.5 cm³/mol. The summed E-state index contributed by atoms with van der Waals surface area (Å²) in [6, 6.07) is 12.6. The number of hydrogen-bond donors (Lipinski definition) is 2. The van der Waals surface area contributed by atoms with Crippen LogP contribution in [0.15, 0.2) is 55.0 Å². The molecule has 0 aliphatic carbocycles. The Morgan fingerprint density at radius 1 is 1.23 bits per heavy atom. The minimum atomic E-state index is -0.655. The third kappa shape index (κ3) is 3.12. The van der Waals surface area contributed by atoms with Crippen molar-refractivity contribution < 1.29 is 9.53 Å². The van der Waals surface area contributed by atoms with E-state index in [0.717, 1.165) is 10.9 Å². The first kappa shape index (κ1) is 13.8. The molecule has 110 valence electrons. The molecule has 3 aromatic rings. The molecule has 2 aromatic carbocycles. The highest BCUT2D eigenvalue weighted by Crippen LogP contribution is 2.29. The lowest BCUT2D eigenvalue weighted by Crippen LogP contribution is -2.19. The molecule has 0 saturated carbocycles. The van der Waals surface area contributed by atoms with E-state index in [1.807, 2.05) is 30.3 Å². The first-order chi connectivity index (χ1) is 10.7. The molecule has 0 bridgehead atoms. The van der Waals surface area contributed by atoms with Gasteiger partial charge in [0, 0.05) is 11.6 Å². The van der Waals surface area contributed by atoms with E-state index >= 15 is 0 Å². The number of primary amides is 1. The molecule has 0 fully saturated rings. The smallest absolute Gasteiger partial charge is 0.316 e. The molecule has 0 aliphatic heterocycles. The fraction of sp³-hybridized carbons (Fsp3) is 0.0625. The molecule has 0 atom stereocenters. The average molecular weight is 294 g/mol. The monoisotopic (exact) mass is 294 g/mol. The number of rotatable bonds is 4. The number of nitrogens with one attached hydrogen (secondary N) is 1. The van der Waals surface area contributed by atoms with Crippen molar-refractivity contribution in [1.29, 1.82) is 0 Å². The Morgan fingerprint density at radius 3 is 2.82 bits per heavy atom. The Hall–Kier alpha value is -3.15. The summed E-state index contributed by atoms with van der Waals surface area (Å²) in [7, 11) is 0. The second-order valence-corrected chi connectivity index (χ2v) is 4.69. The Balaban J connectivity index is 1.93. The third-order valence-electron chi connectivity index (χ3n) is 3.10. The van der Waals surface area contributed by atoms with Crippen LogP contribution in [0.1, 0.15) is 5.56 Å². The van der Waals surface area contributed by atoms with Gasteiger partial charge in [-0.15, -0.1) is 0 Å². The summed E-state index contributed by atoms with van der Waals surface area (Å²) in [5, 5.41) is 3.38. The zero-order valence-corrected chi connectivity index (χ0v) is 11.7. The minimum Gasteiger partial charge on any atom is -0.487 e. The zero-order chi connectivity index (χ0) is 15.4. The van der Waals surface area contributed by atoms with E-state index in [0.29, 0.717) is 23.6 Å². The number of anilines is 1. The number of hydrogen-bond acceptors (Lipinski definition) is 4. The lowest BCUT2D eigenvalue weighted by Gasteiger charge is -2.12. The van der Waals surface area contributed by atoms with Gasteiger partial charge in [0.2, 0.25) is 0 Å². The van der Waals surface area contributed by atoms with Gasteiger partial charge in [0.05, 0.1) is 11.2 Å². The number of carbonyl (C=O) groups excluding carboxylic acids is 1. The lowest BCUT2D eigenvalue weighted by atomic mass is 10.2. The number of fused-ring (bicyclic) bond motifs is 1. The predicted octanol–water partition coefficient (Wildman–Crippen LogP) is 2.70. The van der Waals surface area contributed by atoms with Crippen molar-refractivity contribution in [2.75, 3.05) is 5.32 Å². The normalized spacial score (nSPS) is 10.4. The highest BCUT2D eigenvalue weighted by Gasteiger charge is 2.09. The van der Waals surface area contributed by atoms with Crippen molar-refractivity contribution in [3.8, 4) is 5.75 Å². The van der Waals surface area contributed by atoms with Crippen LogP contribution in [0.2, 0.25) is 0 Å². The second kappa shape index (κ2) is 6.09. The molecular weight excluding hydrogens is 280 g/mol. The van der Waals surface area contributed by atoms with E-state index in [-0.39, 0.29) is 0 Å². The van der Waals surface area contributed by atoms with Crippen LogP contribution in [0.25, 0.3) is 10.9 Å². The number of nitrogens with zero attached hydrogens (tertiary/aromatic N) is 2. The van der Waals surface area contributed by atoms with Gasteiger partial charge in [-0.25, -0.2) is 14.8 Å². The standard InChI is InChI=1S/C16H14N4O2/c17-16(21)20-14-7-13-12(8-18-10-19-13)6-15(14)22-9-11-4-2-1-3-5-11/h1-8,10H,9H2,(H3,17,20,21). The minimum absolute atomic E-state index is 0.382. The Bertz CT molecular complexity index is 806. The largest absolute Gasteiger partial charge is 0.487 e. The van der Waals surface area contributed by atoms with E-state index in [1.165, 1.54) is 6.33 Å². The lowest BCUT2D eigenvalue weighted by molar-refractivity contribution is 0.259. The van der Waals surface area contributed by atoms with Crippen LogP contribution in [-0.4, -0.2) is 16.0 Å². The van der Waals surface area contributed by atoms with Crippen LogP contribution >= 0.6 is 0 Å². The van der Waals surface area contributed by atoms with Crippen molar-refractivity contribution in [3.63, 3.8) is 0 Å². The maximum atomic E-state index is 11.2. The van der Waals surface area contributed by atoms with Crippen molar-refractivity contribution in [1.82, 2.24) is 9.97 Å². The molecule has 0 saturated heterocycles. The number of benzene rings is 2. The van der Waals surface area contributed by atoms with Gasteiger partial charge in [0.1, 0.15) is 18.7 Å². The summed E-state index contributed by atoms with van der Waals surface area (Å²) in [6.45, 7) is 0.382. The van der Waals surface area contributed by atoms with Gasteiger partial charge in [-0.2, -0.15) is 0 Å². The first-order valence-electron chi connectivity index (χ1n) is 6.69. The van der Waals surface area contributed by atoms with Crippen molar-refractivity contribution in [2.24, 2.45) is 5.73 Å². The van der Waals surface area contributed by atoms with E-state index in [1.54, 1.807) is 18.3 Å². The highest BCUT2D eigenvalue weighted by atomic mass is 16.5. The van der Waals surface area contributed by atoms with Gasteiger partial charge in [0.25, 0.3) is 0 Å². The van der Waals surface area contributed by atoms with Gasteiger partial charge in [-0.1, -0.05) is 30.3 Å². The summed E-state index contributed by atoms with van der Waals surface area (Å²) < 4.78 is 5.81. The molecule has 2 amide bonds. The highest BCUT2D eigenvalue weighted by molar-refractivity contribution is 5.94. The van der Waals surface area contributed by atoms with Crippen molar-refractivity contribution >= 4 is 22.6 Å². The molecule has 1 heterocycles. The van der Waals surface area contributed by atoms with Crippen LogP contribution in [0.4, 0.5) is 10.5 Å². The number of carbonyl (C=O) groups is 1. The second-order valence-electron chi connectivity index (χ2n) is 4.69. The van der Waals surface area contributed by atoms with E-state index in [4.69, 9.17) is 10.5 Å². The zero-order valence-electron chi connectivity index (χ0n) is 11.7. The topological polar surface area (TPSA) is 90.1 Å². The molecule has 0 unspecified atom stereocenters. The first-order valence-corrected chi connectivity index (χ1v) is 6.69. The van der Waals surface area contributed by atoms with Crippen LogP contribution < -0.4 is 15.8 Å². The molecule has 22 heavy (non-hydrogen) atoms. The van der Waals surface area contributed by atoms with Crippen LogP contribution in [-0.2, 0) is 6.61 Å². The van der Waals surface area contributed by atoms with E-state index in [9.17, 15) is 4.79 Å². The Kier molecular flexibility index (Phi) is 3.82. The van der Waals surface area contributed by atoms with Crippen molar-refractivity contribution in [3.05, 3.63) is 60.6 Å². The Morgan fingerprint density at radius 2 is 2.05 bits per heavy atom. The van der Waals surface area contributed by atoms with Crippen LogP contribution in [0.5, 0.6) is 5.75 Å². The molecular formula is C16H14N4O2. The number of nitrogens with two attached hydrogens (primary N) is 1. The average Bonchev–Trinajstić information content (AvgIpc) is 2.53. The Labute approximate surface area is 127 Å². The summed E-state index contributed by atoms with van der Waals surface area (Å²) in [5.41, 5.74) is 7.41. The summed E-state index contributed by atoms with van der Waals surface area (Å²) in [4.78, 5) is 19.3.